The Kier molecular flexibility index (Phi) is 3.57. The number of hydrogen-bond donors (Lipinski definition) is 2. The van der Waals surface area contributed by atoms with Crippen molar-refractivity contribution in [3.05, 3.63) is 0 Å². The van der Waals surface area contributed by atoms with Crippen molar-refractivity contribution in [2.75, 3.05) is 13.7 Å². The molecule has 0 aromatic heterocycles. The molecule has 0 saturated heterocycles. The zero-order chi connectivity index (χ0) is 12.4. The Balaban J connectivity index is 2.34. The summed E-state index contributed by atoms with van der Waals surface area (Å²) in [6.45, 7) is 3.86. The average Bonchev–Trinajstić information content (AvgIpc) is 2.95. The van der Waals surface area contributed by atoms with Crippen LogP contribution in [-0.4, -0.2) is 36.2 Å². The molecule has 92 valence electrons. The maximum absolute atomic E-state index is 11.5. The summed E-state index contributed by atoms with van der Waals surface area (Å²) in [6, 6.07) is 0. The van der Waals surface area contributed by atoms with Crippen LogP contribution in [0, 0.1) is 5.41 Å². The minimum absolute atomic E-state index is 0.167. The molecule has 0 aliphatic heterocycles. The maximum Gasteiger partial charge on any atom is 0.311 e. The predicted molar refractivity (Wildman–Crippen MR) is 58.0 cm³/mol. The minimum Gasteiger partial charge on any atom is -0.481 e. The van der Waals surface area contributed by atoms with Crippen LogP contribution < -0.4 is 5.32 Å². The number of hydrogen-bond acceptors (Lipinski definition) is 3. The predicted octanol–water partition coefficient (Wildman–Crippen LogP) is 0.782. The Morgan fingerprint density at radius 2 is 2.00 bits per heavy atom. The number of aliphatic carboxylic acids is 1. The van der Waals surface area contributed by atoms with Crippen LogP contribution in [0.3, 0.4) is 0 Å². The van der Waals surface area contributed by atoms with Crippen molar-refractivity contribution in [2.45, 2.75) is 38.7 Å². The summed E-state index contributed by atoms with van der Waals surface area (Å²) in [5.74, 6) is -0.988. The molecule has 5 nitrogen and oxygen atoms in total. The van der Waals surface area contributed by atoms with Crippen molar-refractivity contribution in [1.82, 2.24) is 5.32 Å². The lowest BCUT2D eigenvalue weighted by Crippen LogP contribution is -2.38. The Labute approximate surface area is 95.2 Å². The first-order valence-electron chi connectivity index (χ1n) is 5.37. The molecule has 0 spiro atoms. The topological polar surface area (TPSA) is 75.6 Å². The molecule has 0 heterocycles. The molecule has 1 amide bonds. The van der Waals surface area contributed by atoms with Gasteiger partial charge in [-0.25, -0.2) is 0 Å². The largest absolute Gasteiger partial charge is 0.481 e. The monoisotopic (exact) mass is 229 g/mol. The fourth-order valence-corrected chi connectivity index (χ4v) is 1.41. The van der Waals surface area contributed by atoms with Crippen LogP contribution in [0.5, 0.6) is 0 Å². The third kappa shape index (κ3) is 3.20. The van der Waals surface area contributed by atoms with Gasteiger partial charge in [-0.05, 0) is 26.7 Å². The van der Waals surface area contributed by atoms with Crippen LogP contribution in [0.1, 0.15) is 33.1 Å². The Morgan fingerprint density at radius 1 is 1.44 bits per heavy atom. The number of amides is 1. The van der Waals surface area contributed by atoms with E-state index in [1.165, 1.54) is 0 Å². The van der Waals surface area contributed by atoms with Crippen LogP contribution >= 0.6 is 0 Å². The molecule has 1 rings (SSSR count). The second-order valence-corrected chi connectivity index (χ2v) is 5.00. The van der Waals surface area contributed by atoms with Gasteiger partial charge in [0, 0.05) is 13.7 Å². The molecule has 0 bridgehead atoms. The van der Waals surface area contributed by atoms with Gasteiger partial charge in [-0.3, -0.25) is 9.59 Å². The van der Waals surface area contributed by atoms with Gasteiger partial charge >= 0.3 is 5.97 Å². The Bertz CT molecular complexity index is 294. The highest BCUT2D eigenvalue weighted by atomic mass is 16.5. The summed E-state index contributed by atoms with van der Waals surface area (Å²) in [5.41, 5.74) is -1.21. The summed E-state index contributed by atoms with van der Waals surface area (Å²) in [7, 11) is 1.55. The standard InChI is InChI=1S/C11H19NO4/c1-10(2,16-3)6-8(13)12-7-11(4-5-11)9(14)15/h4-7H2,1-3H3,(H,12,13)(H,14,15). The van der Waals surface area contributed by atoms with E-state index in [1.54, 1.807) is 7.11 Å². The summed E-state index contributed by atoms with van der Waals surface area (Å²) in [4.78, 5) is 22.4. The number of carboxylic acids is 1. The fourth-order valence-electron chi connectivity index (χ4n) is 1.41. The van der Waals surface area contributed by atoms with E-state index in [2.05, 4.69) is 5.32 Å². The molecular formula is C11H19NO4. The van der Waals surface area contributed by atoms with Gasteiger partial charge in [-0.15, -0.1) is 0 Å². The summed E-state index contributed by atoms with van der Waals surface area (Å²) in [6.07, 6.45) is 1.53. The Morgan fingerprint density at radius 3 is 2.38 bits per heavy atom. The second-order valence-electron chi connectivity index (χ2n) is 5.00. The number of ether oxygens (including phenoxy) is 1. The minimum atomic E-state index is -0.821. The van der Waals surface area contributed by atoms with Crippen LogP contribution in [0.4, 0.5) is 0 Å². The lowest BCUT2D eigenvalue weighted by Gasteiger charge is -2.22. The summed E-state index contributed by atoms with van der Waals surface area (Å²) >= 11 is 0. The number of rotatable bonds is 6. The smallest absolute Gasteiger partial charge is 0.311 e. The number of methoxy groups -OCH3 is 1. The van der Waals surface area contributed by atoms with E-state index in [4.69, 9.17) is 9.84 Å². The van der Waals surface area contributed by atoms with E-state index in [1.807, 2.05) is 13.8 Å². The highest BCUT2D eigenvalue weighted by Crippen LogP contribution is 2.45. The molecule has 0 radical (unpaired) electrons. The molecule has 1 saturated carbocycles. The highest BCUT2D eigenvalue weighted by Gasteiger charge is 2.50. The molecular weight excluding hydrogens is 210 g/mol. The lowest BCUT2D eigenvalue weighted by atomic mass is 10.0. The van der Waals surface area contributed by atoms with E-state index < -0.39 is 17.0 Å². The zero-order valence-corrected chi connectivity index (χ0v) is 10.0. The summed E-state index contributed by atoms with van der Waals surface area (Å²) in [5, 5.41) is 11.6. The van der Waals surface area contributed by atoms with E-state index in [-0.39, 0.29) is 18.9 Å². The van der Waals surface area contributed by atoms with Crippen molar-refractivity contribution < 1.29 is 19.4 Å². The maximum atomic E-state index is 11.5. The molecule has 5 heteroatoms. The fraction of sp³-hybridized carbons (Fsp3) is 0.818. The number of carboxylic acid groups (broad SMARTS) is 1. The normalized spacial score (nSPS) is 17.9. The van der Waals surface area contributed by atoms with Crippen molar-refractivity contribution in [3.63, 3.8) is 0 Å². The molecule has 1 fully saturated rings. The van der Waals surface area contributed by atoms with Gasteiger partial charge in [0.1, 0.15) is 0 Å². The third-order valence-corrected chi connectivity index (χ3v) is 3.07. The third-order valence-electron chi connectivity index (χ3n) is 3.07. The van der Waals surface area contributed by atoms with Crippen LogP contribution in [0.15, 0.2) is 0 Å². The first-order valence-corrected chi connectivity index (χ1v) is 5.37. The zero-order valence-electron chi connectivity index (χ0n) is 10.0. The van der Waals surface area contributed by atoms with Crippen molar-refractivity contribution in [2.24, 2.45) is 5.41 Å². The van der Waals surface area contributed by atoms with Crippen molar-refractivity contribution >= 4 is 11.9 Å². The molecule has 1 aliphatic rings. The number of carbonyl (C=O) groups excluding carboxylic acids is 1. The SMILES string of the molecule is COC(C)(C)CC(=O)NCC1(C(=O)O)CC1. The van der Waals surface area contributed by atoms with E-state index in [0.717, 1.165) is 0 Å². The van der Waals surface area contributed by atoms with Crippen molar-refractivity contribution in [3.8, 4) is 0 Å². The molecule has 0 aromatic carbocycles. The van der Waals surface area contributed by atoms with E-state index >= 15 is 0 Å². The van der Waals surface area contributed by atoms with Crippen molar-refractivity contribution in [1.29, 1.82) is 0 Å². The van der Waals surface area contributed by atoms with Gasteiger partial charge in [-0.2, -0.15) is 0 Å². The number of nitrogens with one attached hydrogen (secondary N) is 1. The van der Waals surface area contributed by atoms with Gasteiger partial charge in [0.25, 0.3) is 0 Å². The van der Waals surface area contributed by atoms with E-state index in [0.29, 0.717) is 12.8 Å². The highest BCUT2D eigenvalue weighted by molar-refractivity contribution is 5.81. The first-order chi connectivity index (χ1) is 7.31. The molecule has 16 heavy (non-hydrogen) atoms. The van der Waals surface area contributed by atoms with E-state index in [9.17, 15) is 9.59 Å². The van der Waals surface area contributed by atoms with Crippen LogP contribution in [0.2, 0.25) is 0 Å². The average molecular weight is 229 g/mol. The molecule has 0 unspecified atom stereocenters. The molecule has 0 atom stereocenters. The van der Waals surface area contributed by atoms with Crippen LogP contribution in [0.25, 0.3) is 0 Å². The lowest BCUT2D eigenvalue weighted by molar-refractivity contribution is -0.143. The van der Waals surface area contributed by atoms with Gasteiger partial charge < -0.3 is 15.2 Å². The van der Waals surface area contributed by atoms with Gasteiger partial charge in [0.05, 0.1) is 17.4 Å². The van der Waals surface area contributed by atoms with Crippen LogP contribution in [-0.2, 0) is 14.3 Å². The van der Waals surface area contributed by atoms with Gasteiger partial charge in [-0.1, -0.05) is 0 Å². The van der Waals surface area contributed by atoms with Gasteiger partial charge in [0.15, 0.2) is 0 Å². The quantitative estimate of drug-likeness (QED) is 0.705. The molecule has 1 aliphatic carbocycles. The second kappa shape index (κ2) is 4.41. The number of carbonyl (C=O) groups is 2. The molecule has 2 N–H and O–H groups in total. The molecule has 0 aromatic rings. The first kappa shape index (κ1) is 13.0. The summed E-state index contributed by atoms with van der Waals surface area (Å²) < 4.78 is 5.13. The van der Waals surface area contributed by atoms with Gasteiger partial charge in [0.2, 0.25) is 5.91 Å². The Hall–Kier alpha value is -1.10.